The van der Waals surface area contributed by atoms with Gasteiger partial charge in [-0.3, -0.25) is 4.79 Å². The predicted molar refractivity (Wildman–Crippen MR) is 73.5 cm³/mol. The summed E-state index contributed by atoms with van der Waals surface area (Å²) in [7, 11) is 0. The Labute approximate surface area is 112 Å². The van der Waals surface area contributed by atoms with Crippen molar-refractivity contribution in [2.45, 2.75) is 33.3 Å². The molecule has 4 heteroatoms. The van der Waals surface area contributed by atoms with Gasteiger partial charge < -0.3 is 9.47 Å². The number of carbonyl (C=O) groups excluding carboxylic acids is 1. The fourth-order valence-corrected chi connectivity index (χ4v) is 1.97. The summed E-state index contributed by atoms with van der Waals surface area (Å²) in [5, 5.41) is 0.320. The van der Waals surface area contributed by atoms with Crippen LogP contribution in [0.3, 0.4) is 0 Å². The van der Waals surface area contributed by atoms with Crippen LogP contribution < -0.4 is 9.47 Å². The third-order valence-electron chi connectivity index (χ3n) is 2.61. The molecule has 1 aliphatic rings. The lowest BCUT2D eigenvalue weighted by Gasteiger charge is -2.27. The van der Waals surface area contributed by atoms with E-state index in [1.54, 1.807) is 25.1 Å². The van der Waals surface area contributed by atoms with Gasteiger partial charge in [0.2, 0.25) is 0 Å². The van der Waals surface area contributed by atoms with Gasteiger partial charge in [0.15, 0.2) is 10.8 Å². The first-order chi connectivity index (χ1) is 8.29. The van der Waals surface area contributed by atoms with Crippen LogP contribution in [0.1, 0.15) is 38.1 Å². The number of hydrogen-bond acceptors (Lipinski definition) is 4. The number of ether oxygens (including phenoxy) is 2. The summed E-state index contributed by atoms with van der Waals surface area (Å²) in [5.41, 5.74) is 0.130. The zero-order chi connectivity index (χ0) is 13.5. The van der Waals surface area contributed by atoms with Crippen LogP contribution in [0.4, 0.5) is 0 Å². The second kappa shape index (κ2) is 4.35. The fraction of sp³-hybridized carbons (Fsp3) is 0.429. The van der Waals surface area contributed by atoms with E-state index in [0.717, 1.165) is 0 Å². The van der Waals surface area contributed by atoms with Crippen molar-refractivity contribution in [2.75, 3.05) is 0 Å². The maximum Gasteiger partial charge on any atom is 0.181 e. The summed E-state index contributed by atoms with van der Waals surface area (Å²) in [6, 6.07) is 5.32. The van der Waals surface area contributed by atoms with E-state index in [-0.39, 0.29) is 11.4 Å². The Morgan fingerprint density at radius 1 is 1.33 bits per heavy atom. The highest BCUT2D eigenvalue weighted by Gasteiger charge is 2.33. The zero-order valence-electron chi connectivity index (χ0n) is 10.9. The highest BCUT2D eigenvalue weighted by Crippen LogP contribution is 2.36. The third-order valence-corrected chi connectivity index (χ3v) is 3.04. The first-order valence-corrected chi connectivity index (χ1v) is 6.28. The number of carbonyl (C=O) groups is 1. The van der Waals surface area contributed by atoms with Crippen LogP contribution in [-0.4, -0.2) is 16.4 Å². The number of rotatable bonds is 1. The van der Waals surface area contributed by atoms with Crippen molar-refractivity contribution in [1.82, 2.24) is 0 Å². The summed E-state index contributed by atoms with van der Waals surface area (Å²) in [6.45, 7) is 7.57. The minimum absolute atomic E-state index is 0.0406. The summed E-state index contributed by atoms with van der Waals surface area (Å²) in [5.74, 6) is 0.600. The lowest BCUT2D eigenvalue weighted by atomic mass is 9.95. The van der Waals surface area contributed by atoms with Crippen molar-refractivity contribution >= 4 is 23.1 Å². The van der Waals surface area contributed by atoms with Gasteiger partial charge in [0, 0.05) is 0 Å². The van der Waals surface area contributed by atoms with E-state index < -0.39 is 5.92 Å². The molecule has 0 bridgehead atoms. The summed E-state index contributed by atoms with van der Waals surface area (Å²) >= 11 is 5.05. The molecular weight excluding hydrogens is 248 g/mol. The fourth-order valence-electron chi connectivity index (χ4n) is 1.77. The average Bonchev–Trinajstić information content (AvgIpc) is 2.23. The molecule has 0 aromatic heterocycles. The smallest absolute Gasteiger partial charge is 0.181 e. The highest BCUT2D eigenvalue weighted by atomic mass is 32.1. The van der Waals surface area contributed by atoms with Crippen LogP contribution in [0.5, 0.6) is 11.5 Å². The van der Waals surface area contributed by atoms with Crippen molar-refractivity contribution < 1.29 is 14.3 Å². The maximum atomic E-state index is 12.3. The van der Waals surface area contributed by atoms with Crippen LogP contribution in [0.2, 0.25) is 0 Å². The van der Waals surface area contributed by atoms with E-state index in [4.69, 9.17) is 21.7 Å². The second-order valence-electron chi connectivity index (χ2n) is 5.35. The van der Waals surface area contributed by atoms with Crippen molar-refractivity contribution in [3.63, 3.8) is 0 Å². The van der Waals surface area contributed by atoms with Gasteiger partial charge >= 0.3 is 0 Å². The largest absolute Gasteiger partial charge is 0.487 e. The predicted octanol–water partition coefficient (Wildman–Crippen LogP) is 3.40. The van der Waals surface area contributed by atoms with E-state index in [9.17, 15) is 4.79 Å². The normalized spacial score (nSPS) is 19.2. The molecule has 0 saturated heterocycles. The van der Waals surface area contributed by atoms with Gasteiger partial charge in [-0.2, -0.15) is 0 Å². The average molecular weight is 264 g/mol. The Morgan fingerprint density at radius 2 is 2.00 bits per heavy atom. The van der Waals surface area contributed by atoms with Crippen LogP contribution in [-0.2, 0) is 0 Å². The number of fused-ring (bicyclic) bond motifs is 1. The Balaban J connectivity index is 2.50. The van der Waals surface area contributed by atoms with Crippen LogP contribution in [0.25, 0.3) is 0 Å². The molecule has 0 saturated carbocycles. The summed E-state index contributed by atoms with van der Waals surface area (Å²) in [6.07, 6.45) is 0. The van der Waals surface area contributed by atoms with Crippen molar-refractivity contribution in [3.8, 4) is 11.5 Å². The van der Waals surface area contributed by atoms with Crippen molar-refractivity contribution in [2.24, 2.45) is 5.92 Å². The molecule has 2 rings (SSSR count). The van der Waals surface area contributed by atoms with Gasteiger partial charge in [0.25, 0.3) is 0 Å². The minimum Gasteiger partial charge on any atom is -0.487 e. The van der Waals surface area contributed by atoms with E-state index in [2.05, 4.69) is 0 Å². The number of ketones is 1. The third kappa shape index (κ3) is 2.38. The van der Waals surface area contributed by atoms with Gasteiger partial charge in [-0.15, -0.1) is 0 Å². The SMILES string of the molecule is CC1C(=O)c2c(cccc2OC(C)(C)C)OC1=S. The molecule has 1 aromatic rings. The van der Waals surface area contributed by atoms with E-state index in [1.807, 2.05) is 20.8 Å². The van der Waals surface area contributed by atoms with E-state index in [0.29, 0.717) is 22.1 Å². The number of thiocarbonyl (C=S) groups is 1. The lowest BCUT2D eigenvalue weighted by molar-refractivity contribution is 0.0921. The first-order valence-electron chi connectivity index (χ1n) is 5.87. The molecule has 96 valence electrons. The van der Waals surface area contributed by atoms with E-state index in [1.165, 1.54) is 0 Å². The molecule has 1 atom stereocenters. The summed E-state index contributed by atoms with van der Waals surface area (Å²) < 4.78 is 11.3. The highest BCUT2D eigenvalue weighted by molar-refractivity contribution is 7.80. The molecule has 0 aliphatic carbocycles. The topological polar surface area (TPSA) is 35.5 Å². The molecule has 0 amide bonds. The molecule has 0 N–H and O–H groups in total. The molecule has 0 radical (unpaired) electrons. The zero-order valence-corrected chi connectivity index (χ0v) is 11.8. The maximum absolute atomic E-state index is 12.3. The van der Waals surface area contributed by atoms with Gasteiger partial charge in [-0.25, -0.2) is 0 Å². The molecule has 1 heterocycles. The number of hydrogen-bond donors (Lipinski definition) is 0. The molecule has 1 aromatic carbocycles. The summed E-state index contributed by atoms with van der Waals surface area (Å²) in [4.78, 5) is 12.3. The van der Waals surface area contributed by atoms with Gasteiger partial charge in [0.1, 0.15) is 22.7 Å². The van der Waals surface area contributed by atoms with Crippen LogP contribution >= 0.6 is 12.2 Å². The monoisotopic (exact) mass is 264 g/mol. The Hall–Kier alpha value is -1.42. The standard InChI is InChI=1S/C14H16O3S/c1-8-12(15)11-9(16-13(8)18)6-5-7-10(11)17-14(2,3)4/h5-8H,1-4H3. The molecule has 1 unspecified atom stereocenters. The van der Waals surface area contributed by atoms with Crippen molar-refractivity contribution in [3.05, 3.63) is 23.8 Å². The first kappa shape index (κ1) is 13.0. The van der Waals surface area contributed by atoms with Crippen molar-refractivity contribution in [1.29, 1.82) is 0 Å². The van der Waals surface area contributed by atoms with E-state index >= 15 is 0 Å². The Morgan fingerprint density at radius 3 is 2.61 bits per heavy atom. The Kier molecular flexibility index (Phi) is 3.15. The number of Topliss-reactive ketones (excluding diaryl/α,β-unsaturated/α-hetero) is 1. The minimum atomic E-state index is -0.405. The molecule has 0 spiro atoms. The Bertz CT molecular complexity index is 514. The molecular formula is C14H16O3S. The molecule has 1 aliphatic heterocycles. The molecule has 0 fully saturated rings. The second-order valence-corrected chi connectivity index (χ2v) is 5.75. The van der Waals surface area contributed by atoms with Gasteiger partial charge in [-0.05, 0) is 52.0 Å². The lowest BCUT2D eigenvalue weighted by Crippen LogP contribution is -2.31. The molecule has 18 heavy (non-hydrogen) atoms. The molecule has 3 nitrogen and oxygen atoms in total. The van der Waals surface area contributed by atoms with Gasteiger partial charge in [-0.1, -0.05) is 6.07 Å². The van der Waals surface area contributed by atoms with Crippen LogP contribution in [0.15, 0.2) is 18.2 Å². The van der Waals surface area contributed by atoms with Crippen LogP contribution in [0, 0.1) is 5.92 Å². The number of benzene rings is 1. The quantitative estimate of drug-likeness (QED) is 0.728. The van der Waals surface area contributed by atoms with Gasteiger partial charge in [0.05, 0.1) is 5.92 Å².